The first kappa shape index (κ1) is 14.8. The van der Waals surface area contributed by atoms with Gasteiger partial charge in [-0.15, -0.1) is 22.7 Å². The van der Waals surface area contributed by atoms with Crippen molar-refractivity contribution in [3.63, 3.8) is 0 Å². The number of ether oxygens (including phenoxy) is 2. The normalized spacial score (nSPS) is 28.5. The minimum atomic E-state index is -0.0277. The summed E-state index contributed by atoms with van der Waals surface area (Å²) in [6.45, 7) is 3.26. The molecule has 0 amide bonds. The molecule has 6 heteroatoms. The van der Waals surface area contributed by atoms with E-state index in [9.17, 15) is 0 Å². The standard InChI is InChI=1S/C16H20N2O2S2/c1-2-14(21-7-1)15-18-13(10-22-15)9-17-12-3-5-20-16(8-12)4-6-19-11-16/h1-2,7,10,12,17H,3-6,8-9,11H2. The summed E-state index contributed by atoms with van der Waals surface area (Å²) in [5, 5.41) is 9.04. The summed E-state index contributed by atoms with van der Waals surface area (Å²) in [6, 6.07) is 4.70. The number of hydrogen-bond donors (Lipinski definition) is 1. The maximum absolute atomic E-state index is 5.98. The summed E-state index contributed by atoms with van der Waals surface area (Å²) in [5.41, 5.74) is 1.11. The Hall–Kier alpha value is -0.790. The van der Waals surface area contributed by atoms with Crippen molar-refractivity contribution in [2.24, 2.45) is 0 Å². The lowest BCUT2D eigenvalue weighted by molar-refractivity contribution is -0.0895. The average molecular weight is 336 g/mol. The van der Waals surface area contributed by atoms with Crippen molar-refractivity contribution in [3.05, 3.63) is 28.6 Å². The number of thiophene rings is 1. The third-order valence-corrected chi connectivity index (χ3v) is 6.35. The number of thiazole rings is 1. The van der Waals surface area contributed by atoms with Gasteiger partial charge in [0, 0.05) is 37.6 Å². The molecule has 2 aliphatic heterocycles. The van der Waals surface area contributed by atoms with Gasteiger partial charge in [-0.05, 0) is 24.3 Å². The first-order valence-corrected chi connectivity index (χ1v) is 9.52. The Balaban J connectivity index is 1.34. The van der Waals surface area contributed by atoms with Crippen LogP contribution in [0.25, 0.3) is 9.88 Å². The van der Waals surface area contributed by atoms with Crippen molar-refractivity contribution in [2.45, 2.75) is 37.5 Å². The number of hydrogen-bond acceptors (Lipinski definition) is 6. The topological polar surface area (TPSA) is 43.4 Å². The molecule has 22 heavy (non-hydrogen) atoms. The molecule has 0 aliphatic carbocycles. The molecule has 2 aromatic rings. The Morgan fingerprint density at radius 2 is 2.36 bits per heavy atom. The van der Waals surface area contributed by atoms with Gasteiger partial charge in [0.2, 0.25) is 0 Å². The zero-order valence-corrected chi connectivity index (χ0v) is 14.0. The van der Waals surface area contributed by atoms with Crippen LogP contribution >= 0.6 is 22.7 Å². The number of nitrogens with zero attached hydrogens (tertiary/aromatic N) is 1. The van der Waals surface area contributed by atoms with Crippen LogP contribution in [-0.4, -0.2) is 36.4 Å². The molecule has 2 aromatic heterocycles. The minimum absolute atomic E-state index is 0.0277. The van der Waals surface area contributed by atoms with Crippen molar-refractivity contribution in [1.82, 2.24) is 10.3 Å². The van der Waals surface area contributed by atoms with Crippen LogP contribution in [0.5, 0.6) is 0 Å². The third kappa shape index (κ3) is 3.12. The molecule has 2 atom stereocenters. The van der Waals surface area contributed by atoms with Gasteiger partial charge in [-0.25, -0.2) is 4.98 Å². The molecule has 4 nitrogen and oxygen atoms in total. The minimum Gasteiger partial charge on any atom is -0.378 e. The average Bonchev–Trinajstić information content (AvgIpc) is 3.27. The van der Waals surface area contributed by atoms with Gasteiger partial charge >= 0.3 is 0 Å². The van der Waals surface area contributed by atoms with Crippen molar-refractivity contribution in [1.29, 1.82) is 0 Å². The molecule has 1 N–H and O–H groups in total. The summed E-state index contributed by atoms with van der Waals surface area (Å²) in [5.74, 6) is 0. The van der Waals surface area contributed by atoms with Gasteiger partial charge in [-0.2, -0.15) is 0 Å². The van der Waals surface area contributed by atoms with Gasteiger partial charge < -0.3 is 14.8 Å². The molecule has 4 heterocycles. The molecular weight excluding hydrogens is 316 g/mol. The lowest BCUT2D eigenvalue weighted by Gasteiger charge is -2.37. The second-order valence-electron chi connectivity index (χ2n) is 6.03. The fraction of sp³-hybridized carbons (Fsp3) is 0.562. The van der Waals surface area contributed by atoms with E-state index in [2.05, 4.69) is 28.2 Å². The number of aromatic nitrogens is 1. The highest BCUT2D eigenvalue weighted by Gasteiger charge is 2.40. The molecule has 0 saturated carbocycles. The van der Waals surface area contributed by atoms with E-state index in [-0.39, 0.29) is 5.60 Å². The Labute approximate surface area is 138 Å². The van der Waals surface area contributed by atoms with Gasteiger partial charge in [0.15, 0.2) is 0 Å². The van der Waals surface area contributed by atoms with Crippen LogP contribution in [-0.2, 0) is 16.0 Å². The maximum Gasteiger partial charge on any atom is 0.133 e. The van der Waals surface area contributed by atoms with Crippen LogP contribution in [0, 0.1) is 0 Å². The Morgan fingerprint density at radius 1 is 1.36 bits per heavy atom. The van der Waals surface area contributed by atoms with E-state index in [1.54, 1.807) is 22.7 Å². The SMILES string of the molecule is c1csc(-c2nc(CNC3CCOC4(CCOC4)C3)cs2)c1. The highest BCUT2D eigenvalue weighted by atomic mass is 32.1. The Kier molecular flexibility index (Phi) is 4.28. The quantitative estimate of drug-likeness (QED) is 0.930. The zero-order valence-electron chi connectivity index (χ0n) is 12.4. The molecule has 4 rings (SSSR count). The van der Waals surface area contributed by atoms with Gasteiger partial charge in [0.25, 0.3) is 0 Å². The number of rotatable bonds is 4. The van der Waals surface area contributed by atoms with Gasteiger partial charge in [0.1, 0.15) is 5.01 Å². The fourth-order valence-corrected chi connectivity index (χ4v) is 4.85. The van der Waals surface area contributed by atoms with Crippen molar-refractivity contribution in [2.75, 3.05) is 19.8 Å². The second-order valence-corrected chi connectivity index (χ2v) is 7.83. The summed E-state index contributed by atoms with van der Waals surface area (Å²) in [7, 11) is 0. The van der Waals surface area contributed by atoms with Crippen LogP contribution in [0.2, 0.25) is 0 Å². The molecular formula is C16H20N2O2S2. The molecule has 2 fully saturated rings. The molecule has 2 saturated heterocycles. The van der Waals surface area contributed by atoms with E-state index >= 15 is 0 Å². The second kappa shape index (κ2) is 6.37. The lowest BCUT2D eigenvalue weighted by Crippen LogP contribution is -2.47. The highest BCUT2D eigenvalue weighted by Crippen LogP contribution is 2.33. The molecule has 0 bridgehead atoms. The van der Waals surface area contributed by atoms with Gasteiger partial charge in [-0.3, -0.25) is 0 Å². The Bertz CT molecular complexity index is 605. The fourth-order valence-electron chi connectivity index (χ4n) is 3.22. The summed E-state index contributed by atoms with van der Waals surface area (Å²) >= 11 is 3.47. The van der Waals surface area contributed by atoms with Crippen LogP contribution in [0.1, 0.15) is 25.0 Å². The molecule has 118 valence electrons. The van der Waals surface area contributed by atoms with E-state index in [1.165, 1.54) is 4.88 Å². The van der Waals surface area contributed by atoms with Crippen molar-refractivity contribution in [3.8, 4) is 9.88 Å². The predicted molar refractivity (Wildman–Crippen MR) is 89.4 cm³/mol. The van der Waals surface area contributed by atoms with Crippen LogP contribution in [0.4, 0.5) is 0 Å². The van der Waals surface area contributed by atoms with E-state index in [1.807, 2.05) is 0 Å². The predicted octanol–water partition coefficient (Wildman–Crippen LogP) is 3.30. The highest BCUT2D eigenvalue weighted by molar-refractivity contribution is 7.20. The van der Waals surface area contributed by atoms with Crippen LogP contribution < -0.4 is 5.32 Å². The van der Waals surface area contributed by atoms with Gasteiger partial charge in [-0.1, -0.05) is 6.07 Å². The molecule has 0 aromatic carbocycles. The largest absolute Gasteiger partial charge is 0.378 e. The van der Waals surface area contributed by atoms with E-state index in [0.29, 0.717) is 6.04 Å². The maximum atomic E-state index is 5.98. The number of nitrogens with one attached hydrogen (secondary N) is 1. The van der Waals surface area contributed by atoms with Crippen molar-refractivity contribution >= 4 is 22.7 Å². The third-order valence-electron chi connectivity index (χ3n) is 4.42. The summed E-state index contributed by atoms with van der Waals surface area (Å²) in [4.78, 5) is 5.99. The summed E-state index contributed by atoms with van der Waals surface area (Å²) in [6.07, 6.45) is 3.16. The zero-order chi connectivity index (χ0) is 14.8. The molecule has 2 aliphatic rings. The monoisotopic (exact) mass is 336 g/mol. The molecule has 2 unspecified atom stereocenters. The molecule has 0 radical (unpaired) electrons. The van der Waals surface area contributed by atoms with E-state index < -0.39 is 0 Å². The smallest absolute Gasteiger partial charge is 0.133 e. The summed E-state index contributed by atoms with van der Waals surface area (Å²) < 4.78 is 11.5. The van der Waals surface area contributed by atoms with Crippen molar-refractivity contribution < 1.29 is 9.47 Å². The first-order valence-electron chi connectivity index (χ1n) is 7.76. The van der Waals surface area contributed by atoms with E-state index in [4.69, 9.17) is 14.5 Å². The molecule has 1 spiro atoms. The van der Waals surface area contributed by atoms with Gasteiger partial charge in [0.05, 0.1) is 22.8 Å². The van der Waals surface area contributed by atoms with Crippen LogP contribution in [0.15, 0.2) is 22.9 Å². The lowest BCUT2D eigenvalue weighted by atomic mass is 9.89. The van der Waals surface area contributed by atoms with Crippen LogP contribution in [0.3, 0.4) is 0 Å². The van der Waals surface area contributed by atoms with E-state index in [0.717, 1.165) is 56.3 Å². The Morgan fingerprint density at radius 3 is 3.18 bits per heavy atom. The first-order chi connectivity index (χ1) is 10.8.